The number of aromatic nitrogens is 4. The van der Waals surface area contributed by atoms with Gasteiger partial charge in [-0.3, -0.25) is 4.79 Å². The van der Waals surface area contributed by atoms with E-state index in [1.165, 1.54) is 6.33 Å². The van der Waals surface area contributed by atoms with Crippen molar-refractivity contribution in [3.05, 3.63) is 120 Å². The van der Waals surface area contributed by atoms with Crippen molar-refractivity contribution in [2.24, 2.45) is 0 Å². The normalized spacial score (nSPS) is 12.8. The van der Waals surface area contributed by atoms with Gasteiger partial charge in [-0.15, -0.1) is 0 Å². The van der Waals surface area contributed by atoms with Crippen molar-refractivity contribution in [2.45, 2.75) is 6.42 Å². The van der Waals surface area contributed by atoms with Crippen molar-refractivity contribution < 1.29 is 9.53 Å². The lowest BCUT2D eigenvalue weighted by atomic mass is 9.92. The molecule has 7 nitrogen and oxygen atoms in total. The zero-order valence-corrected chi connectivity index (χ0v) is 20.1. The Bertz CT molecular complexity index is 1590. The Morgan fingerprint density at radius 2 is 1.54 bits per heavy atom. The van der Waals surface area contributed by atoms with E-state index in [-0.39, 0.29) is 5.91 Å². The quantitative estimate of drug-likeness (QED) is 0.331. The van der Waals surface area contributed by atoms with Crippen LogP contribution < -0.4 is 10.1 Å². The molecule has 0 unspecified atom stereocenters. The van der Waals surface area contributed by atoms with Gasteiger partial charge in [0.05, 0.1) is 18.4 Å². The van der Waals surface area contributed by atoms with Crippen LogP contribution in [0.15, 0.2) is 109 Å². The molecule has 0 saturated carbocycles. The lowest BCUT2D eigenvalue weighted by Crippen LogP contribution is -2.26. The number of hydrogen-bond acceptors (Lipinski definition) is 6. The molecule has 0 radical (unpaired) electrons. The molecule has 0 spiro atoms. The molecule has 0 saturated heterocycles. The smallest absolute Gasteiger partial charge is 0.280 e. The molecule has 0 bridgehead atoms. The first-order valence-corrected chi connectivity index (χ1v) is 11.9. The molecule has 6 rings (SSSR count). The highest BCUT2D eigenvalue weighted by Crippen LogP contribution is 2.40. The van der Waals surface area contributed by atoms with E-state index in [1.807, 2.05) is 72.8 Å². The van der Waals surface area contributed by atoms with Gasteiger partial charge >= 0.3 is 0 Å². The van der Waals surface area contributed by atoms with Gasteiger partial charge in [-0.25, -0.2) is 9.97 Å². The number of nitrogens with zero attached hydrogens (tertiary/aromatic N) is 4. The second-order valence-corrected chi connectivity index (χ2v) is 8.60. The third-order valence-corrected chi connectivity index (χ3v) is 6.38. The standard InChI is InChI=1S/C30H23N5O2/c1-37-23-14-12-21(13-15-23)27-24(33-26-16-17-31-19-32-26)18-25-28(20-8-4-2-5-9-20)29(34-35(25)30(27)36)22-10-6-3-7-11-22/h2-17,19H,18H2,1H3,(H,31,32,33). The van der Waals surface area contributed by atoms with E-state index in [4.69, 9.17) is 9.84 Å². The average Bonchev–Trinajstić information content (AvgIpc) is 3.35. The minimum atomic E-state index is -0.206. The lowest BCUT2D eigenvalue weighted by Gasteiger charge is -2.23. The molecule has 3 heterocycles. The number of methoxy groups -OCH3 is 1. The fourth-order valence-electron chi connectivity index (χ4n) is 4.66. The highest BCUT2D eigenvalue weighted by molar-refractivity contribution is 6.23. The monoisotopic (exact) mass is 485 g/mol. The zero-order chi connectivity index (χ0) is 25.2. The fraction of sp³-hybridized carbons (Fsp3) is 0.0667. The summed E-state index contributed by atoms with van der Waals surface area (Å²) < 4.78 is 6.88. The van der Waals surface area contributed by atoms with Gasteiger partial charge in [-0.1, -0.05) is 72.8 Å². The predicted molar refractivity (Wildman–Crippen MR) is 143 cm³/mol. The molecule has 3 aromatic carbocycles. The topological polar surface area (TPSA) is 81.9 Å². The Balaban J connectivity index is 1.56. The summed E-state index contributed by atoms with van der Waals surface area (Å²) in [5, 5.41) is 8.28. The molecule has 0 atom stereocenters. The van der Waals surface area contributed by atoms with Gasteiger partial charge in [0.25, 0.3) is 5.91 Å². The summed E-state index contributed by atoms with van der Waals surface area (Å²) in [7, 11) is 1.62. The Hall–Kier alpha value is -5.04. The number of hydrogen-bond donors (Lipinski definition) is 1. The predicted octanol–water partition coefficient (Wildman–Crippen LogP) is 5.74. The molecule has 0 fully saturated rings. The molecule has 180 valence electrons. The summed E-state index contributed by atoms with van der Waals surface area (Å²) in [5.41, 5.74) is 6.55. The molecule has 1 N–H and O–H groups in total. The Kier molecular flexibility index (Phi) is 5.78. The van der Waals surface area contributed by atoms with Crippen molar-refractivity contribution in [1.82, 2.24) is 19.7 Å². The number of carbonyl (C=O) groups is 1. The highest BCUT2D eigenvalue weighted by atomic mass is 16.5. The van der Waals surface area contributed by atoms with Gasteiger partial charge in [-0.2, -0.15) is 9.78 Å². The van der Waals surface area contributed by atoms with E-state index in [1.54, 1.807) is 24.1 Å². The number of nitrogens with one attached hydrogen (secondary N) is 1. The van der Waals surface area contributed by atoms with Crippen LogP contribution in [0.2, 0.25) is 0 Å². The maximum atomic E-state index is 14.1. The Morgan fingerprint density at radius 1 is 0.838 bits per heavy atom. The van der Waals surface area contributed by atoms with Crippen LogP contribution in [0.3, 0.4) is 0 Å². The van der Waals surface area contributed by atoms with E-state index in [0.717, 1.165) is 45.1 Å². The van der Waals surface area contributed by atoms with Crippen molar-refractivity contribution in [3.63, 3.8) is 0 Å². The van der Waals surface area contributed by atoms with Gasteiger partial charge in [0.2, 0.25) is 0 Å². The first-order chi connectivity index (χ1) is 18.2. The van der Waals surface area contributed by atoms with E-state index in [9.17, 15) is 4.79 Å². The Morgan fingerprint density at radius 3 is 2.19 bits per heavy atom. The van der Waals surface area contributed by atoms with E-state index < -0.39 is 0 Å². The summed E-state index contributed by atoms with van der Waals surface area (Å²) in [4.78, 5) is 22.5. The van der Waals surface area contributed by atoms with E-state index >= 15 is 0 Å². The van der Waals surface area contributed by atoms with Crippen LogP contribution in [0.4, 0.5) is 5.82 Å². The van der Waals surface area contributed by atoms with Crippen LogP contribution >= 0.6 is 0 Å². The Labute approximate surface area is 214 Å². The van der Waals surface area contributed by atoms with Gasteiger partial charge in [-0.05, 0) is 29.3 Å². The number of allylic oxidation sites excluding steroid dienone is 2. The van der Waals surface area contributed by atoms with Crippen molar-refractivity contribution >= 4 is 17.3 Å². The number of ether oxygens (including phenoxy) is 1. The number of anilines is 1. The molecule has 0 amide bonds. The van der Waals surface area contributed by atoms with Crippen LogP contribution in [0, 0.1) is 0 Å². The third kappa shape index (κ3) is 4.16. The minimum Gasteiger partial charge on any atom is -0.497 e. The van der Waals surface area contributed by atoms with E-state index in [2.05, 4.69) is 27.4 Å². The van der Waals surface area contributed by atoms with Gasteiger partial charge in [0.15, 0.2) is 0 Å². The molecule has 37 heavy (non-hydrogen) atoms. The first kappa shape index (κ1) is 22.4. The van der Waals surface area contributed by atoms with Crippen molar-refractivity contribution in [1.29, 1.82) is 0 Å². The molecule has 0 aliphatic carbocycles. The van der Waals surface area contributed by atoms with Gasteiger partial charge < -0.3 is 10.1 Å². The molecule has 1 aliphatic rings. The first-order valence-electron chi connectivity index (χ1n) is 11.9. The van der Waals surface area contributed by atoms with Crippen molar-refractivity contribution in [2.75, 3.05) is 12.4 Å². The molecule has 1 aliphatic heterocycles. The molecule has 7 heteroatoms. The van der Waals surface area contributed by atoms with E-state index in [0.29, 0.717) is 17.8 Å². The van der Waals surface area contributed by atoms with Crippen LogP contribution in [-0.2, 0) is 6.42 Å². The van der Waals surface area contributed by atoms with Gasteiger partial charge in [0.1, 0.15) is 23.6 Å². The summed E-state index contributed by atoms with van der Waals surface area (Å²) >= 11 is 0. The van der Waals surface area contributed by atoms with Crippen LogP contribution in [0.25, 0.3) is 28.0 Å². The average molecular weight is 486 g/mol. The number of benzene rings is 3. The molecule has 2 aromatic heterocycles. The lowest BCUT2D eigenvalue weighted by molar-refractivity contribution is 0.0958. The largest absolute Gasteiger partial charge is 0.497 e. The number of carbonyl (C=O) groups excluding carboxylic acids is 1. The SMILES string of the molecule is COc1ccc(C2=C(Nc3ccncn3)Cc3c(-c4ccccc4)c(-c4ccccc4)nn3C2=O)cc1. The van der Waals surface area contributed by atoms with Crippen LogP contribution in [0.5, 0.6) is 5.75 Å². The molecular weight excluding hydrogens is 462 g/mol. The fourth-order valence-corrected chi connectivity index (χ4v) is 4.66. The van der Waals surface area contributed by atoms with Crippen LogP contribution in [-0.4, -0.2) is 32.8 Å². The second kappa shape index (κ2) is 9.54. The summed E-state index contributed by atoms with van der Waals surface area (Å²) in [6.07, 6.45) is 3.61. The van der Waals surface area contributed by atoms with Crippen LogP contribution in [0.1, 0.15) is 16.1 Å². The van der Waals surface area contributed by atoms with Gasteiger partial charge in [0, 0.05) is 29.4 Å². The number of rotatable bonds is 6. The maximum absolute atomic E-state index is 14.1. The summed E-state index contributed by atoms with van der Waals surface area (Å²) in [5.74, 6) is 1.12. The molecular formula is C30H23N5O2. The second-order valence-electron chi connectivity index (χ2n) is 8.60. The highest BCUT2D eigenvalue weighted by Gasteiger charge is 2.33. The summed E-state index contributed by atoms with van der Waals surface area (Å²) in [6.45, 7) is 0. The maximum Gasteiger partial charge on any atom is 0.280 e. The third-order valence-electron chi connectivity index (χ3n) is 6.38. The number of fused-ring (bicyclic) bond motifs is 1. The zero-order valence-electron chi connectivity index (χ0n) is 20.1. The van der Waals surface area contributed by atoms with Crippen molar-refractivity contribution in [3.8, 4) is 28.1 Å². The molecule has 5 aromatic rings. The minimum absolute atomic E-state index is 0.206. The summed E-state index contributed by atoms with van der Waals surface area (Å²) in [6, 6.07) is 29.3.